The number of imidazole rings is 1. The zero-order valence-corrected chi connectivity index (χ0v) is 16.4. The van der Waals surface area contributed by atoms with Crippen LogP contribution in [0.25, 0.3) is 5.69 Å². The number of hydrogen-bond donors (Lipinski definition) is 1. The van der Waals surface area contributed by atoms with Crippen molar-refractivity contribution in [1.82, 2.24) is 9.55 Å². The maximum Gasteiger partial charge on any atom is 0.234 e. The molecule has 3 rings (SSSR count). The number of nitriles is 1. The van der Waals surface area contributed by atoms with Crippen LogP contribution in [-0.4, -0.2) is 21.2 Å². The van der Waals surface area contributed by atoms with Crippen molar-refractivity contribution in [3.63, 3.8) is 0 Å². The molecule has 0 spiro atoms. The normalized spacial score (nSPS) is 10.4. The fourth-order valence-electron chi connectivity index (χ4n) is 2.50. The quantitative estimate of drug-likeness (QED) is 0.632. The van der Waals surface area contributed by atoms with E-state index in [0.717, 1.165) is 10.8 Å². The molecule has 0 fully saturated rings. The van der Waals surface area contributed by atoms with Crippen molar-refractivity contribution < 1.29 is 4.79 Å². The minimum Gasteiger partial charge on any atom is -0.324 e. The van der Waals surface area contributed by atoms with E-state index in [-0.39, 0.29) is 11.7 Å². The van der Waals surface area contributed by atoms with E-state index in [4.69, 9.17) is 16.9 Å². The standard InChI is InChI=1S/C20H17ClN4OS/c1-13-3-6-17(9-14(13)2)25-8-7-23-20(25)27-12-19(26)24-18-10-16(21)5-4-15(18)11-22/h3-10H,12H2,1-2H3,(H,24,26). The Labute approximate surface area is 167 Å². The summed E-state index contributed by atoms with van der Waals surface area (Å²) in [4.78, 5) is 16.7. The maximum atomic E-state index is 12.3. The lowest BCUT2D eigenvalue weighted by atomic mass is 10.1. The molecule has 3 aromatic rings. The van der Waals surface area contributed by atoms with Crippen molar-refractivity contribution in [1.29, 1.82) is 5.26 Å². The predicted molar refractivity (Wildman–Crippen MR) is 109 cm³/mol. The van der Waals surface area contributed by atoms with E-state index in [0.29, 0.717) is 16.3 Å². The predicted octanol–water partition coefficient (Wildman–Crippen LogP) is 4.75. The number of aryl methyl sites for hydroxylation is 2. The van der Waals surface area contributed by atoms with Crippen LogP contribution in [0.2, 0.25) is 5.02 Å². The van der Waals surface area contributed by atoms with Crippen LogP contribution in [-0.2, 0) is 4.79 Å². The number of aromatic nitrogens is 2. The molecule has 5 nitrogen and oxygen atoms in total. The van der Waals surface area contributed by atoms with Crippen LogP contribution in [0.15, 0.2) is 53.9 Å². The number of carbonyl (C=O) groups is 1. The number of rotatable bonds is 5. The van der Waals surface area contributed by atoms with Crippen LogP contribution < -0.4 is 5.32 Å². The van der Waals surface area contributed by atoms with E-state index in [2.05, 4.69) is 36.3 Å². The monoisotopic (exact) mass is 396 g/mol. The van der Waals surface area contributed by atoms with Crippen molar-refractivity contribution in [2.45, 2.75) is 19.0 Å². The smallest absolute Gasteiger partial charge is 0.234 e. The van der Waals surface area contributed by atoms with Crippen molar-refractivity contribution in [2.24, 2.45) is 0 Å². The summed E-state index contributed by atoms with van der Waals surface area (Å²) in [5.74, 6) is -0.0624. The lowest BCUT2D eigenvalue weighted by molar-refractivity contribution is -0.113. The van der Waals surface area contributed by atoms with Crippen LogP contribution in [0, 0.1) is 25.2 Å². The SMILES string of the molecule is Cc1ccc(-n2ccnc2SCC(=O)Nc2cc(Cl)ccc2C#N)cc1C. The number of nitrogens with one attached hydrogen (secondary N) is 1. The molecule has 0 bridgehead atoms. The molecule has 0 aliphatic heterocycles. The Hall–Kier alpha value is -2.75. The summed E-state index contributed by atoms with van der Waals surface area (Å²) in [6.07, 6.45) is 3.58. The first-order valence-electron chi connectivity index (χ1n) is 8.21. The summed E-state index contributed by atoms with van der Waals surface area (Å²) >= 11 is 7.28. The van der Waals surface area contributed by atoms with Gasteiger partial charge >= 0.3 is 0 Å². The van der Waals surface area contributed by atoms with Gasteiger partial charge in [0.2, 0.25) is 5.91 Å². The van der Waals surface area contributed by atoms with E-state index in [9.17, 15) is 4.79 Å². The molecule has 0 unspecified atom stereocenters. The molecule has 0 aliphatic carbocycles. The minimum absolute atomic E-state index is 0.166. The molecule has 0 saturated carbocycles. The van der Waals surface area contributed by atoms with Crippen LogP contribution in [0.1, 0.15) is 16.7 Å². The minimum atomic E-state index is -0.228. The molecule has 1 aromatic heterocycles. The molecule has 2 aromatic carbocycles. The molecule has 0 aliphatic rings. The number of carbonyl (C=O) groups excluding carboxylic acids is 1. The molecular weight excluding hydrogens is 380 g/mol. The Balaban J connectivity index is 1.70. The largest absolute Gasteiger partial charge is 0.324 e. The Morgan fingerprint density at radius 1 is 1.26 bits per heavy atom. The van der Waals surface area contributed by atoms with Crippen molar-refractivity contribution in [3.05, 3.63) is 70.5 Å². The van der Waals surface area contributed by atoms with E-state index in [1.807, 2.05) is 22.9 Å². The van der Waals surface area contributed by atoms with Gasteiger partial charge in [-0.05, 0) is 55.3 Å². The van der Waals surface area contributed by atoms with Gasteiger partial charge in [-0.1, -0.05) is 29.4 Å². The summed E-state index contributed by atoms with van der Waals surface area (Å²) < 4.78 is 1.95. The van der Waals surface area contributed by atoms with Gasteiger partial charge in [-0.25, -0.2) is 4.98 Å². The van der Waals surface area contributed by atoms with Crippen LogP contribution in [0.4, 0.5) is 5.69 Å². The highest BCUT2D eigenvalue weighted by Crippen LogP contribution is 2.24. The van der Waals surface area contributed by atoms with Crippen LogP contribution >= 0.6 is 23.4 Å². The maximum absolute atomic E-state index is 12.3. The highest BCUT2D eigenvalue weighted by Gasteiger charge is 2.12. The highest BCUT2D eigenvalue weighted by atomic mass is 35.5. The molecule has 27 heavy (non-hydrogen) atoms. The number of thioether (sulfide) groups is 1. The number of anilines is 1. The van der Waals surface area contributed by atoms with Crippen molar-refractivity contribution in [2.75, 3.05) is 11.1 Å². The van der Waals surface area contributed by atoms with Gasteiger partial charge in [-0.15, -0.1) is 0 Å². The fraction of sp³-hybridized carbons (Fsp3) is 0.150. The summed E-state index contributed by atoms with van der Waals surface area (Å²) in [5.41, 5.74) is 4.20. The highest BCUT2D eigenvalue weighted by molar-refractivity contribution is 7.99. The number of amides is 1. The molecular formula is C20H17ClN4OS. The second-order valence-electron chi connectivity index (χ2n) is 5.99. The zero-order valence-electron chi connectivity index (χ0n) is 14.9. The third kappa shape index (κ3) is 4.51. The molecule has 1 N–H and O–H groups in total. The van der Waals surface area contributed by atoms with Gasteiger partial charge in [0.25, 0.3) is 0 Å². The Morgan fingerprint density at radius 2 is 2.07 bits per heavy atom. The average Bonchev–Trinajstić information content (AvgIpc) is 3.11. The summed E-state index contributed by atoms with van der Waals surface area (Å²) in [7, 11) is 0. The molecule has 1 amide bonds. The molecule has 7 heteroatoms. The number of hydrogen-bond acceptors (Lipinski definition) is 4. The van der Waals surface area contributed by atoms with E-state index < -0.39 is 0 Å². The Morgan fingerprint density at radius 3 is 2.81 bits per heavy atom. The van der Waals surface area contributed by atoms with E-state index in [1.54, 1.807) is 24.4 Å². The van der Waals surface area contributed by atoms with Crippen molar-refractivity contribution in [3.8, 4) is 11.8 Å². The van der Waals surface area contributed by atoms with Gasteiger partial charge in [0.15, 0.2) is 5.16 Å². The first-order valence-corrected chi connectivity index (χ1v) is 9.57. The summed E-state index contributed by atoms with van der Waals surface area (Å²) in [6, 6.07) is 13.0. The molecule has 136 valence electrons. The summed E-state index contributed by atoms with van der Waals surface area (Å²) in [6.45, 7) is 4.13. The first kappa shape index (κ1) is 19.0. The lowest BCUT2D eigenvalue weighted by Crippen LogP contribution is -2.15. The van der Waals surface area contributed by atoms with Crippen LogP contribution in [0.3, 0.4) is 0 Å². The van der Waals surface area contributed by atoms with Gasteiger partial charge in [0.05, 0.1) is 17.0 Å². The second-order valence-corrected chi connectivity index (χ2v) is 7.37. The average molecular weight is 397 g/mol. The molecule has 1 heterocycles. The van der Waals surface area contributed by atoms with Gasteiger partial charge < -0.3 is 5.32 Å². The third-order valence-electron chi connectivity index (χ3n) is 4.08. The van der Waals surface area contributed by atoms with Gasteiger partial charge in [-0.2, -0.15) is 5.26 Å². The number of benzene rings is 2. The molecule has 0 atom stereocenters. The lowest BCUT2D eigenvalue weighted by Gasteiger charge is -2.10. The van der Waals surface area contributed by atoms with Crippen molar-refractivity contribution >= 4 is 35.0 Å². The number of nitrogens with zero attached hydrogens (tertiary/aromatic N) is 3. The second kappa shape index (κ2) is 8.30. The van der Waals surface area contributed by atoms with Gasteiger partial charge in [0, 0.05) is 23.1 Å². The Kier molecular flexibility index (Phi) is 5.84. The zero-order chi connectivity index (χ0) is 19.4. The van der Waals surface area contributed by atoms with E-state index >= 15 is 0 Å². The summed E-state index contributed by atoms with van der Waals surface area (Å²) in [5, 5.41) is 13.1. The van der Waals surface area contributed by atoms with Gasteiger partial charge in [0.1, 0.15) is 6.07 Å². The van der Waals surface area contributed by atoms with E-state index in [1.165, 1.54) is 22.9 Å². The van der Waals surface area contributed by atoms with Crippen LogP contribution in [0.5, 0.6) is 0 Å². The first-order chi connectivity index (χ1) is 13.0. The number of halogens is 1. The molecule has 0 saturated heterocycles. The molecule has 0 radical (unpaired) electrons. The Bertz CT molecular complexity index is 1040. The topological polar surface area (TPSA) is 70.7 Å². The van der Waals surface area contributed by atoms with Gasteiger partial charge in [-0.3, -0.25) is 9.36 Å². The fourth-order valence-corrected chi connectivity index (χ4v) is 3.45. The third-order valence-corrected chi connectivity index (χ3v) is 5.29.